The second-order valence-electron chi connectivity index (χ2n) is 10.5. The van der Waals surface area contributed by atoms with Crippen molar-refractivity contribution in [3.8, 4) is 11.1 Å². The van der Waals surface area contributed by atoms with Crippen LogP contribution < -0.4 is 5.32 Å². The number of benzene rings is 2. The van der Waals surface area contributed by atoms with E-state index < -0.39 is 11.9 Å². The number of hydrogen-bond donors (Lipinski definition) is 1. The average Bonchev–Trinajstić information content (AvgIpc) is 3.02. The fourth-order valence-corrected chi connectivity index (χ4v) is 5.90. The molecule has 3 heterocycles. The number of alkyl carbamates (subject to hydrolysis) is 1. The molecule has 4 aliphatic rings. The van der Waals surface area contributed by atoms with Gasteiger partial charge in [0, 0.05) is 12.1 Å². The number of aryl methyl sites for hydroxylation is 1. The topological polar surface area (TPSA) is 41.6 Å². The monoisotopic (exact) mass is 454 g/mol. The van der Waals surface area contributed by atoms with E-state index in [1.54, 1.807) is 12.1 Å². The lowest BCUT2D eigenvalue weighted by Crippen LogP contribution is -2.53. The van der Waals surface area contributed by atoms with E-state index in [0.29, 0.717) is 35.4 Å². The molecule has 0 saturated carbocycles. The molecule has 2 aromatic rings. The second-order valence-corrected chi connectivity index (χ2v) is 10.5. The van der Waals surface area contributed by atoms with Crippen molar-refractivity contribution in [1.29, 1.82) is 0 Å². The van der Waals surface area contributed by atoms with E-state index >= 15 is 4.39 Å². The number of hydrogen-bond acceptors (Lipinski definition) is 3. The van der Waals surface area contributed by atoms with Gasteiger partial charge in [0.15, 0.2) is 0 Å². The summed E-state index contributed by atoms with van der Waals surface area (Å²) in [6.07, 6.45) is 2.93. The number of carbonyl (C=O) groups excluding carboxylic acids is 1. The quantitative estimate of drug-likeness (QED) is 0.650. The summed E-state index contributed by atoms with van der Waals surface area (Å²) in [5.74, 6) is -0.290. The lowest BCUT2D eigenvalue weighted by molar-refractivity contribution is -0.0349. The maximum Gasteiger partial charge on any atom is 0.407 e. The molecule has 4 nitrogen and oxygen atoms in total. The summed E-state index contributed by atoms with van der Waals surface area (Å²) in [4.78, 5) is 15.2. The number of fused-ring (bicyclic) bond motifs is 4. The maximum absolute atomic E-state index is 15.2. The fourth-order valence-electron chi connectivity index (χ4n) is 5.90. The Bertz CT molecular complexity index is 1080. The third-order valence-corrected chi connectivity index (χ3v) is 7.83. The standard InChI is InChI=1S/C27H32F2N2O2/c1-4-16-5-6-18(12-22(16)28)20-11-19-14-27(2,3)25(21(19)13-23(20)29)30-26(32)33-24-15-31-9-7-17(24)8-10-31/h5-6,11-13,17,24-25H,4,7-10,14-15H2,1-3H3,(H,30,32)/t24-,25+/m1/s1. The normalized spacial score (nSPS) is 27.3. The van der Waals surface area contributed by atoms with Gasteiger partial charge in [0.25, 0.3) is 0 Å². The molecule has 2 aromatic carbocycles. The van der Waals surface area contributed by atoms with Crippen LogP contribution in [0.3, 0.4) is 0 Å². The van der Waals surface area contributed by atoms with Crippen molar-refractivity contribution < 1.29 is 18.3 Å². The van der Waals surface area contributed by atoms with Crippen LogP contribution in [0.25, 0.3) is 11.1 Å². The Morgan fingerprint density at radius 1 is 1.15 bits per heavy atom. The van der Waals surface area contributed by atoms with E-state index in [1.165, 1.54) is 12.1 Å². The molecule has 0 aromatic heterocycles. The van der Waals surface area contributed by atoms with Crippen LogP contribution in [-0.4, -0.2) is 36.7 Å². The highest BCUT2D eigenvalue weighted by Gasteiger charge is 2.42. The van der Waals surface area contributed by atoms with Crippen molar-refractivity contribution in [2.75, 3.05) is 19.6 Å². The van der Waals surface area contributed by atoms with Gasteiger partial charge >= 0.3 is 6.09 Å². The molecule has 3 saturated heterocycles. The van der Waals surface area contributed by atoms with Crippen LogP contribution >= 0.6 is 0 Å². The van der Waals surface area contributed by atoms with Crippen molar-refractivity contribution in [1.82, 2.24) is 10.2 Å². The summed E-state index contributed by atoms with van der Waals surface area (Å²) in [5, 5.41) is 3.04. The number of piperidine rings is 3. The van der Waals surface area contributed by atoms with E-state index in [-0.39, 0.29) is 23.4 Å². The van der Waals surface area contributed by atoms with Gasteiger partial charge in [0.05, 0.1) is 6.04 Å². The zero-order valence-electron chi connectivity index (χ0n) is 19.6. The summed E-state index contributed by atoms with van der Waals surface area (Å²) < 4.78 is 35.4. The van der Waals surface area contributed by atoms with Gasteiger partial charge in [-0.2, -0.15) is 0 Å². The molecule has 0 radical (unpaired) electrons. The third-order valence-electron chi connectivity index (χ3n) is 7.83. The van der Waals surface area contributed by atoms with Crippen LogP contribution in [0.1, 0.15) is 56.3 Å². The van der Waals surface area contributed by atoms with Gasteiger partial charge < -0.3 is 10.1 Å². The minimum Gasteiger partial charge on any atom is -0.445 e. The zero-order chi connectivity index (χ0) is 23.3. The minimum atomic E-state index is -0.429. The van der Waals surface area contributed by atoms with Gasteiger partial charge in [0.1, 0.15) is 17.7 Å². The van der Waals surface area contributed by atoms with E-state index in [2.05, 4.69) is 24.1 Å². The first-order valence-corrected chi connectivity index (χ1v) is 12.1. The number of nitrogens with one attached hydrogen (secondary N) is 1. The highest BCUT2D eigenvalue weighted by Crippen LogP contribution is 2.47. The summed E-state index contributed by atoms with van der Waals surface area (Å²) in [7, 11) is 0. The van der Waals surface area contributed by atoms with Crippen LogP contribution in [-0.2, 0) is 17.6 Å². The molecule has 1 N–H and O–H groups in total. The van der Waals surface area contributed by atoms with Gasteiger partial charge in [-0.1, -0.05) is 32.9 Å². The number of ether oxygens (including phenoxy) is 1. The Hall–Kier alpha value is -2.47. The van der Waals surface area contributed by atoms with Crippen molar-refractivity contribution in [3.05, 3.63) is 58.7 Å². The van der Waals surface area contributed by atoms with Crippen LogP contribution in [0.4, 0.5) is 13.6 Å². The van der Waals surface area contributed by atoms with Crippen LogP contribution in [0, 0.1) is 23.0 Å². The first kappa shape index (κ1) is 22.3. The summed E-state index contributed by atoms with van der Waals surface area (Å²) in [6.45, 7) is 9.00. The number of amides is 1. The predicted octanol–water partition coefficient (Wildman–Crippen LogP) is 5.64. The Morgan fingerprint density at radius 2 is 1.91 bits per heavy atom. The van der Waals surface area contributed by atoms with Crippen molar-refractivity contribution in [2.45, 2.75) is 58.6 Å². The molecule has 176 valence electrons. The van der Waals surface area contributed by atoms with E-state index in [1.807, 2.05) is 13.0 Å². The van der Waals surface area contributed by atoms with Crippen molar-refractivity contribution >= 4 is 6.09 Å². The van der Waals surface area contributed by atoms with Gasteiger partial charge in [0.2, 0.25) is 0 Å². The van der Waals surface area contributed by atoms with Gasteiger partial charge in [-0.05, 0) is 90.6 Å². The van der Waals surface area contributed by atoms with Crippen molar-refractivity contribution in [3.63, 3.8) is 0 Å². The Labute approximate surface area is 194 Å². The highest BCUT2D eigenvalue weighted by atomic mass is 19.1. The second kappa shape index (κ2) is 8.39. The lowest BCUT2D eigenvalue weighted by Gasteiger charge is -2.44. The Morgan fingerprint density at radius 3 is 2.55 bits per heavy atom. The minimum absolute atomic E-state index is 0.0726. The third kappa shape index (κ3) is 4.14. The molecule has 2 atom stereocenters. The molecule has 33 heavy (non-hydrogen) atoms. The smallest absolute Gasteiger partial charge is 0.407 e. The molecule has 1 amide bonds. The summed E-state index contributed by atoms with van der Waals surface area (Å²) >= 11 is 0. The average molecular weight is 455 g/mol. The fraction of sp³-hybridized carbons (Fsp3) is 0.519. The molecule has 3 fully saturated rings. The van der Waals surface area contributed by atoms with Gasteiger partial charge in [-0.25, -0.2) is 13.6 Å². The molecule has 2 bridgehead atoms. The number of rotatable bonds is 4. The first-order chi connectivity index (χ1) is 15.7. The Balaban J connectivity index is 1.37. The molecular weight excluding hydrogens is 422 g/mol. The largest absolute Gasteiger partial charge is 0.445 e. The maximum atomic E-state index is 15.2. The van der Waals surface area contributed by atoms with Crippen molar-refractivity contribution in [2.24, 2.45) is 11.3 Å². The van der Waals surface area contributed by atoms with Crippen LogP contribution in [0.5, 0.6) is 0 Å². The van der Waals surface area contributed by atoms with Crippen LogP contribution in [0.15, 0.2) is 30.3 Å². The van der Waals surface area contributed by atoms with E-state index in [4.69, 9.17) is 4.74 Å². The molecule has 6 heteroatoms. The molecule has 0 spiro atoms. The molecule has 0 unspecified atom stereocenters. The number of nitrogens with zero attached hydrogens (tertiary/aromatic N) is 1. The number of halogens is 2. The van der Waals surface area contributed by atoms with Crippen LogP contribution in [0.2, 0.25) is 0 Å². The lowest BCUT2D eigenvalue weighted by atomic mass is 9.85. The molecule has 3 aliphatic heterocycles. The molecule has 6 rings (SSSR count). The molecule has 1 aliphatic carbocycles. The van der Waals surface area contributed by atoms with Gasteiger partial charge in [-0.15, -0.1) is 0 Å². The van der Waals surface area contributed by atoms with E-state index in [9.17, 15) is 9.18 Å². The number of carbonyl (C=O) groups is 1. The molecular formula is C27H32F2N2O2. The summed E-state index contributed by atoms with van der Waals surface area (Å²) in [6, 6.07) is 7.87. The highest BCUT2D eigenvalue weighted by molar-refractivity contribution is 5.70. The Kier molecular flexibility index (Phi) is 5.68. The van der Waals surface area contributed by atoms with E-state index in [0.717, 1.165) is 43.6 Å². The summed E-state index contributed by atoms with van der Waals surface area (Å²) in [5.41, 5.74) is 3.00. The zero-order valence-corrected chi connectivity index (χ0v) is 19.6. The SMILES string of the molecule is CCc1ccc(-c2cc3c(cc2F)[C@H](NC(=O)O[C@@H]2CN4CCC2CC4)C(C)(C)C3)cc1F. The first-order valence-electron chi connectivity index (χ1n) is 12.1. The predicted molar refractivity (Wildman–Crippen MR) is 124 cm³/mol. The van der Waals surface area contributed by atoms with Gasteiger partial charge in [-0.3, -0.25) is 4.90 Å².